The number of hydrogen-bond acceptors (Lipinski definition) is 2. The first-order chi connectivity index (χ1) is 9.42. The summed E-state index contributed by atoms with van der Waals surface area (Å²) in [7, 11) is 0.861. The predicted octanol–water partition coefficient (Wildman–Crippen LogP) is 3.22. The van der Waals surface area contributed by atoms with Crippen LogP contribution in [-0.4, -0.2) is 29.8 Å². The molecular formula is C16H32O2Si. The smallest absolute Gasteiger partial charge is 0.145 e. The van der Waals surface area contributed by atoms with Crippen LogP contribution in [0.3, 0.4) is 0 Å². The lowest BCUT2D eigenvalue weighted by molar-refractivity contribution is -0.0492. The predicted molar refractivity (Wildman–Crippen MR) is 83.4 cm³/mol. The van der Waals surface area contributed by atoms with E-state index in [0.29, 0.717) is 6.10 Å². The van der Waals surface area contributed by atoms with Gasteiger partial charge >= 0.3 is 0 Å². The highest BCUT2D eigenvalue weighted by Crippen LogP contribution is 2.37. The molecule has 0 bridgehead atoms. The highest BCUT2D eigenvalue weighted by molar-refractivity contribution is 5.97. The summed E-state index contributed by atoms with van der Waals surface area (Å²) >= 11 is 0. The van der Waals surface area contributed by atoms with Crippen LogP contribution in [0.15, 0.2) is 0 Å². The van der Waals surface area contributed by atoms with Crippen molar-refractivity contribution in [3.8, 4) is 0 Å². The van der Waals surface area contributed by atoms with Crippen LogP contribution in [0.25, 0.3) is 0 Å². The first-order valence-corrected chi connectivity index (χ1v) is 9.34. The fourth-order valence-corrected chi connectivity index (χ4v) is 4.29. The Bertz CT molecular complexity index is 205. The third-order valence-electron chi connectivity index (χ3n) is 5.03. The molecule has 2 nitrogen and oxygen atoms in total. The Hall–Kier alpha value is 0.137. The van der Waals surface area contributed by atoms with Crippen LogP contribution in [0.2, 0.25) is 0 Å². The molecule has 0 radical (unpaired) electrons. The molecule has 2 aliphatic rings. The maximum atomic E-state index is 6.36. The van der Waals surface area contributed by atoms with Gasteiger partial charge < -0.3 is 9.16 Å². The molecule has 0 aromatic heterocycles. The Labute approximate surface area is 122 Å². The Balaban J connectivity index is 1.83. The van der Waals surface area contributed by atoms with Crippen molar-refractivity contribution in [2.45, 2.75) is 76.7 Å². The lowest BCUT2D eigenvalue weighted by atomic mass is 9.75. The molecule has 0 aliphatic heterocycles. The van der Waals surface area contributed by atoms with E-state index in [0.717, 1.165) is 42.0 Å². The second kappa shape index (κ2) is 9.14. The molecule has 0 aromatic carbocycles. The lowest BCUT2D eigenvalue weighted by Crippen LogP contribution is -2.35. The monoisotopic (exact) mass is 284 g/mol. The van der Waals surface area contributed by atoms with E-state index in [1.54, 1.807) is 0 Å². The van der Waals surface area contributed by atoms with Crippen LogP contribution in [0.5, 0.6) is 0 Å². The summed E-state index contributed by atoms with van der Waals surface area (Å²) in [5.74, 6) is 1.71. The zero-order chi connectivity index (χ0) is 13.3. The average Bonchev–Trinajstić information content (AvgIpc) is 2.49. The number of hydrogen-bond donors (Lipinski definition) is 0. The van der Waals surface area contributed by atoms with Crippen molar-refractivity contribution in [1.29, 1.82) is 0 Å². The molecule has 2 rings (SSSR count). The SMILES string of the molecule is [SiH3]OCCCOC(C1CCCCC1)C1CCCCC1. The minimum Gasteiger partial charge on any atom is -0.428 e. The molecule has 19 heavy (non-hydrogen) atoms. The van der Waals surface area contributed by atoms with E-state index in [1.807, 2.05) is 0 Å². The maximum Gasteiger partial charge on any atom is 0.145 e. The summed E-state index contributed by atoms with van der Waals surface area (Å²) < 4.78 is 11.6. The van der Waals surface area contributed by atoms with Crippen LogP contribution < -0.4 is 0 Å². The van der Waals surface area contributed by atoms with E-state index >= 15 is 0 Å². The molecule has 0 unspecified atom stereocenters. The highest BCUT2D eigenvalue weighted by Gasteiger charge is 2.31. The molecule has 0 heterocycles. The van der Waals surface area contributed by atoms with Crippen molar-refractivity contribution in [3.63, 3.8) is 0 Å². The standard InChI is InChI=1S/C16H32O2Si/c19-18-13-7-12-17-16(14-8-3-1-4-9-14)15-10-5-2-6-11-15/h14-16H,1-13H2,19H3. The third kappa shape index (κ3) is 5.20. The Kier molecular flexibility index (Phi) is 7.47. The Morgan fingerprint density at radius 1 is 0.789 bits per heavy atom. The molecule has 0 N–H and O–H groups in total. The van der Waals surface area contributed by atoms with Crippen LogP contribution in [-0.2, 0) is 9.16 Å². The van der Waals surface area contributed by atoms with Gasteiger partial charge in [-0.2, -0.15) is 0 Å². The molecule has 0 saturated heterocycles. The first kappa shape index (κ1) is 15.5. The molecule has 0 spiro atoms. The minimum absolute atomic E-state index is 0.565. The van der Waals surface area contributed by atoms with E-state index in [4.69, 9.17) is 9.16 Å². The lowest BCUT2D eigenvalue weighted by Gasteiger charge is -2.37. The van der Waals surface area contributed by atoms with Crippen molar-refractivity contribution in [2.24, 2.45) is 11.8 Å². The molecule has 0 atom stereocenters. The van der Waals surface area contributed by atoms with Crippen molar-refractivity contribution in [3.05, 3.63) is 0 Å². The summed E-state index contributed by atoms with van der Waals surface area (Å²) in [6, 6.07) is 0. The van der Waals surface area contributed by atoms with Gasteiger partial charge in [-0.15, -0.1) is 0 Å². The van der Waals surface area contributed by atoms with Gasteiger partial charge in [0.2, 0.25) is 0 Å². The van der Waals surface area contributed by atoms with Gasteiger partial charge in [0, 0.05) is 13.2 Å². The molecule has 3 heteroatoms. The van der Waals surface area contributed by atoms with Gasteiger partial charge in [-0.25, -0.2) is 0 Å². The topological polar surface area (TPSA) is 18.5 Å². The Morgan fingerprint density at radius 3 is 1.79 bits per heavy atom. The van der Waals surface area contributed by atoms with E-state index in [1.165, 1.54) is 64.2 Å². The zero-order valence-electron chi connectivity index (χ0n) is 12.7. The quantitative estimate of drug-likeness (QED) is 0.528. The fraction of sp³-hybridized carbons (Fsp3) is 1.00. The fourth-order valence-electron chi connectivity index (χ4n) is 4.01. The minimum atomic E-state index is 0.565. The van der Waals surface area contributed by atoms with Crippen molar-refractivity contribution < 1.29 is 9.16 Å². The summed E-state index contributed by atoms with van der Waals surface area (Å²) in [6.45, 7) is 1.81. The largest absolute Gasteiger partial charge is 0.428 e. The second-order valence-corrected chi connectivity index (χ2v) is 7.06. The highest BCUT2D eigenvalue weighted by atomic mass is 28.2. The third-order valence-corrected chi connectivity index (χ3v) is 5.44. The molecule has 0 aromatic rings. The van der Waals surface area contributed by atoms with Gasteiger partial charge in [0.15, 0.2) is 0 Å². The average molecular weight is 285 g/mol. The summed E-state index contributed by atoms with van der Waals surface area (Å²) in [5.41, 5.74) is 0. The number of ether oxygens (including phenoxy) is 1. The van der Waals surface area contributed by atoms with Crippen molar-refractivity contribution >= 4 is 10.5 Å². The van der Waals surface area contributed by atoms with Gasteiger partial charge in [0.25, 0.3) is 0 Å². The van der Waals surface area contributed by atoms with Gasteiger partial charge in [0.1, 0.15) is 10.5 Å². The number of rotatable bonds is 7. The van der Waals surface area contributed by atoms with Gasteiger partial charge in [-0.3, -0.25) is 0 Å². The zero-order valence-corrected chi connectivity index (χ0v) is 14.7. The van der Waals surface area contributed by atoms with Gasteiger partial charge in [-0.05, 0) is 43.9 Å². The van der Waals surface area contributed by atoms with E-state index in [9.17, 15) is 0 Å². The first-order valence-electron chi connectivity index (χ1n) is 8.52. The van der Waals surface area contributed by atoms with Crippen LogP contribution in [0, 0.1) is 11.8 Å². The van der Waals surface area contributed by atoms with E-state index < -0.39 is 0 Å². The maximum absolute atomic E-state index is 6.36. The molecule has 2 aliphatic carbocycles. The normalized spacial score (nSPS) is 23.2. The van der Waals surface area contributed by atoms with Gasteiger partial charge in [-0.1, -0.05) is 38.5 Å². The molecule has 0 amide bonds. The summed E-state index contributed by atoms with van der Waals surface area (Å²) in [5, 5.41) is 0. The van der Waals surface area contributed by atoms with Crippen LogP contribution in [0.4, 0.5) is 0 Å². The van der Waals surface area contributed by atoms with Crippen LogP contribution >= 0.6 is 0 Å². The Morgan fingerprint density at radius 2 is 1.32 bits per heavy atom. The summed E-state index contributed by atoms with van der Waals surface area (Å²) in [6.07, 6.45) is 15.9. The second-order valence-electron chi connectivity index (χ2n) is 6.48. The van der Waals surface area contributed by atoms with Gasteiger partial charge in [0.05, 0.1) is 6.10 Å². The van der Waals surface area contributed by atoms with E-state index in [2.05, 4.69) is 0 Å². The van der Waals surface area contributed by atoms with Crippen molar-refractivity contribution in [1.82, 2.24) is 0 Å². The van der Waals surface area contributed by atoms with E-state index in [-0.39, 0.29) is 0 Å². The molecule has 2 fully saturated rings. The van der Waals surface area contributed by atoms with Crippen molar-refractivity contribution in [2.75, 3.05) is 13.2 Å². The molecule has 112 valence electrons. The van der Waals surface area contributed by atoms with Crippen LogP contribution in [0.1, 0.15) is 70.6 Å². The molecular weight excluding hydrogens is 252 g/mol. The molecule has 2 saturated carbocycles. The summed E-state index contributed by atoms with van der Waals surface area (Å²) in [4.78, 5) is 0.